The predicted molar refractivity (Wildman–Crippen MR) is 348 cm³/mol. The zero-order chi connectivity index (χ0) is 53.8. The molecule has 2 fully saturated rings. The highest BCUT2D eigenvalue weighted by Crippen LogP contribution is 2.52. The first-order valence-electron chi connectivity index (χ1n) is 29.5. The number of hydrogen-bond acceptors (Lipinski definition) is 8. The van der Waals surface area contributed by atoms with Gasteiger partial charge in [0, 0.05) is 105 Å². The minimum Gasteiger partial charge on any atom is -0.440 e. The normalized spacial score (nSPS) is 15.6. The molecule has 0 spiro atoms. The molecule has 6 aliphatic heterocycles. The van der Waals surface area contributed by atoms with E-state index < -0.39 is 0 Å². The van der Waals surface area contributed by atoms with Gasteiger partial charge in [0.25, 0.3) is 13.4 Å². The minimum absolute atomic E-state index is 0.0901. The van der Waals surface area contributed by atoms with Gasteiger partial charge < -0.3 is 28.9 Å². The van der Waals surface area contributed by atoms with Crippen molar-refractivity contribution in [3.8, 4) is 21.8 Å². The zero-order valence-corrected chi connectivity index (χ0v) is 46.5. The van der Waals surface area contributed by atoms with Crippen LogP contribution >= 0.6 is 11.3 Å². The smallest absolute Gasteiger partial charge is 0.256 e. The largest absolute Gasteiger partial charge is 0.440 e. The second-order valence-electron chi connectivity index (χ2n) is 22.9. The molecule has 2 saturated heterocycles. The molecular weight excluding hydrogens is 1020 g/mol. The molecule has 10 heteroatoms. The van der Waals surface area contributed by atoms with E-state index in [1.807, 2.05) is 11.3 Å². The molecule has 0 aliphatic carbocycles. The van der Waals surface area contributed by atoms with E-state index in [-0.39, 0.29) is 13.4 Å². The van der Waals surface area contributed by atoms with E-state index in [4.69, 9.17) is 4.42 Å². The maximum atomic E-state index is 7.40. The number of furan rings is 1. The third kappa shape index (κ3) is 7.50. The molecule has 17 rings (SSSR count). The maximum Gasteiger partial charge on any atom is 0.256 e. The van der Waals surface area contributed by atoms with Crippen molar-refractivity contribution in [2.75, 3.05) is 55.6 Å². The fraction of sp³-hybridized carbons (Fsp3) is 0.139. The molecule has 0 unspecified atom stereocenters. The van der Waals surface area contributed by atoms with E-state index in [1.54, 1.807) is 0 Å². The maximum absolute atomic E-state index is 7.40. The Hall–Kier alpha value is -9.11. The third-order valence-electron chi connectivity index (χ3n) is 18.2. The SMILES string of the molecule is c1ccc(-c2cc3c(o2)N(c2ccccc2)c2cc(N4CCCCC4)cc4c2B3c2cc3c(cc2N4c2ccccc2)B2c4cc(-c5ccccc5)sc4N(c4ccccc4)c4cc(N5CCCCC5)cc(c42)N3c2ccccc2)cc1. The van der Waals surface area contributed by atoms with Gasteiger partial charge in [-0.25, -0.2) is 0 Å². The van der Waals surface area contributed by atoms with Crippen molar-refractivity contribution in [2.24, 2.45) is 0 Å². The van der Waals surface area contributed by atoms with Gasteiger partial charge >= 0.3 is 0 Å². The third-order valence-corrected chi connectivity index (χ3v) is 19.4. The average Bonchev–Trinajstić information content (AvgIpc) is 1.84. The highest BCUT2D eigenvalue weighted by Gasteiger charge is 2.50. The Kier molecular flexibility index (Phi) is 11.2. The molecule has 0 radical (unpaired) electrons. The van der Waals surface area contributed by atoms with Gasteiger partial charge in [0.15, 0.2) is 5.88 Å². The molecule has 0 N–H and O–H groups in total. The van der Waals surface area contributed by atoms with Gasteiger partial charge in [0.05, 0.1) is 5.00 Å². The van der Waals surface area contributed by atoms with Crippen molar-refractivity contribution in [1.82, 2.24) is 0 Å². The summed E-state index contributed by atoms with van der Waals surface area (Å²) in [6, 6.07) is 86.4. The van der Waals surface area contributed by atoms with Crippen molar-refractivity contribution < 1.29 is 4.42 Å². The molecule has 8 heterocycles. The van der Waals surface area contributed by atoms with Crippen LogP contribution in [0, 0.1) is 0 Å². The van der Waals surface area contributed by atoms with Crippen molar-refractivity contribution in [3.63, 3.8) is 0 Å². The molecule has 9 aromatic carbocycles. The van der Waals surface area contributed by atoms with Crippen LogP contribution in [0.5, 0.6) is 0 Å². The predicted octanol–water partition coefficient (Wildman–Crippen LogP) is 14.8. The van der Waals surface area contributed by atoms with Crippen LogP contribution < -0.4 is 62.2 Å². The van der Waals surface area contributed by atoms with E-state index in [0.717, 1.165) is 71.6 Å². The number of thiophene rings is 1. The van der Waals surface area contributed by atoms with Crippen molar-refractivity contribution in [3.05, 3.63) is 231 Å². The van der Waals surface area contributed by atoms with Crippen LogP contribution in [-0.2, 0) is 0 Å². The molecule has 394 valence electrons. The molecular formula is C72H58B2N6OS. The summed E-state index contributed by atoms with van der Waals surface area (Å²) in [4.78, 5) is 16.8. The summed E-state index contributed by atoms with van der Waals surface area (Å²) in [5.41, 5.74) is 24.3. The van der Waals surface area contributed by atoms with Crippen LogP contribution in [0.3, 0.4) is 0 Å². The van der Waals surface area contributed by atoms with Gasteiger partial charge in [0.2, 0.25) is 0 Å². The summed E-state index contributed by atoms with van der Waals surface area (Å²) in [5, 5.41) is 1.27. The first-order chi connectivity index (χ1) is 40.7. The van der Waals surface area contributed by atoms with Crippen LogP contribution in [0.25, 0.3) is 21.8 Å². The number of fused-ring (bicyclic) bond motifs is 8. The van der Waals surface area contributed by atoms with Gasteiger partial charge in [-0.1, -0.05) is 133 Å². The lowest BCUT2D eigenvalue weighted by Crippen LogP contribution is -2.64. The number of nitrogens with zero attached hydrogens (tertiary/aromatic N) is 6. The second-order valence-corrected chi connectivity index (χ2v) is 23.9. The number of piperidine rings is 2. The van der Waals surface area contributed by atoms with E-state index in [0.29, 0.717) is 0 Å². The molecule has 11 aromatic rings. The van der Waals surface area contributed by atoms with Crippen LogP contribution in [0.4, 0.5) is 79.1 Å². The number of benzene rings is 9. The van der Waals surface area contributed by atoms with Crippen LogP contribution in [0.1, 0.15) is 38.5 Å². The molecule has 82 heavy (non-hydrogen) atoms. The van der Waals surface area contributed by atoms with Crippen LogP contribution in [0.15, 0.2) is 235 Å². The first-order valence-corrected chi connectivity index (χ1v) is 30.3. The van der Waals surface area contributed by atoms with E-state index in [9.17, 15) is 0 Å². The van der Waals surface area contributed by atoms with Gasteiger partial charge in [-0.2, -0.15) is 0 Å². The Labute approximate surface area is 484 Å². The lowest BCUT2D eigenvalue weighted by atomic mass is 9.31. The van der Waals surface area contributed by atoms with Gasteiger partial charge in [-0.15, -0.1) is 11.3 Å². The summed E-state index contributed by atoms with van der Waals surface area (Å²) in [5.74, 6) is 1.73. The van der Waals surface area contributed by atoms with Crippen molar-refractivity contribution in [1.29, 1.82) is 0 Å². The molecule has 0 atom stereocenters. The number of para-hydroxylation sites is 4. The van der Waals surface area contributed by atoms with E-state index in [1.165, 1.54) is 127 Å². The fourth-order valence-electron chi connectivity index (χ4n) is 14.5. The molecule has 0 saturated carbocycles. The number of anilines is 14. The Balaban J connectivity index is 0.994. The number of rotatable bonds is 8. The topological polar surface area (TPSA) is 32.6 Å². The molecule has 0 bridgehead atoms. The Morgan fingerprint density at radius 1 is 0.317 bits per heavy atom. The van der Waals surface area contributed by atoms with Crippen LogP contribution in [-0.4, -0.2) is 39.6 Å². The standard InChI is InChI=1S/C72H58B2N6OS/c1-9-25-49(26-10-1)67-47-59-71(81-67)79(53-33-17-5-18-34-53)65-43-55(75-37-21-7-22-38-75)41-63-69(65)73(59)57-45-62-58(46-61(57)77(63)51-29-13-3-14-30-51)74-60-48-68(50-27-11-2-12-28-50)82-72(60)80(54-35-19-6-20-36-54)66-44-56(76-39-23-8-24-40-76)42-64(70(66)74)78(62)52-31-15-4-16-32-52/h1-6,9-20,25-36,41-48H,7-8,21-24,37-40H2. The summed E-state index contributed by atoms with van der Waals surface area (Å²) in [6.07, 6.45) is 7.26. The summed E-state index contributed by atoms with van der Waals surface area (Å²) < 4.78 is 7.40. The molecule has 2 aromatic heterocycles. The van der Waals surface area contributed by atoms with Crippen molar-refractivity contribution in [2.45, 2.75) is 38.5 Å². The average molecular weight is 1080 g/mol. The van der Waals surface area contributed by atoms with Gasteiger partial charge in [-0.05, 0) is 174 Å². The second kappa shape index (κ2) is 19.3. The molecule has 6 aliphatic rings. The van der Waals surface area contributed by atoms with Crippen molar-refractivity contribution >= 4 is 137 Å². The van der Waals surface area contributed by atoms with E-state index in [2.05, 4.69) is 260 Å². The van der Waals surface area contributed by atoms with Gasteiger partial charge in [-0.3, -0.25) is 4.90 Å². The van der Waals surface area contributed by atoms with E-state index >= 15 is 0 Å². The monoisotopic (exact) mass is 1080 g/mol. The lowest BCUT2D eigenvalue weighted by Gasteiger charge is -2.47. The zero-order valence-electron chi connectivity index (χ0n) is 45.7. The minimum atomic E-state index is -0.174. The summed E-state index contributed by atoms with van der Waals surface area (Å²) in [7, 11) is 0. The highest BCUT2D eigenvalue weighted by atomic mass is 32.1. The Bertz CT molecular complexity index is 3950. The lowest BCUT2D eigenvalue weighted by molar-refractivity contribution is 0.577. The molecule has 0 amide bonds. The summed E-state index contributed by atoms with van der Waals surface area (Å²) >= 11 is 1.92. The first kappa shape index (κ1) is 47.7. The Morgan fingerprint density at radius 2 is 0.707 bits per heavy atom. The molecule has 7 nitrogen and oxygen atoms in total. The van der Waals surface area contributed by atoms with Gasteiger partial charge in [0.1, 0.15) is 5.76 Å². The fourth-order valence-corrected chi connectivity index (χ4v) is 15.8. The highest BCUT2D eigenvalue weighted by molar-refractivity contribution is 7.23. The summed E-state index contributed by atoms with van der Waals surface area (Å²) in [6.45, 7) is 3.87. The Morgan fingerprint density at radius 3 is 1.18 bits per heavy atom. The number of hydrogen-bond donors (Lipinski definition) is 0. The quantitative estimate of drug-likeness (QED) is 0.140. The van der Waals surface area contributed by atoms with Crippen LogP contribution in [0.2, 0.25) is 0 Å².